The molecule has 22 heavy (non-hydrogen) atoms. The van der Waals surface area contributed by atoms with Crippen molar-refractivity contribution in [3.05, 3.63) is 23.3 Å². The lowest BCUT2D eigenvalue weighted by Crippen LogP contribution is -2.36. The van der Waals surface area contributed by atoms with Crippen LogP contribution in [0.3, 0.4) is 0 Å². The lowest BCUT2D eigenvalue weighted by molar-refractivity contribution is -0.142. The molecular formula is C15H21NO6. The van der Waals surface area contributed by atoms with E-state index in [4.69, 9.17) is 15.3 Å². The van der Waals surface area contributed by atoms with Crippen molar-refractivity contribution in [1.82, 2.24) is 5.32 Å². The summed E-state index contributed by atoms with van der Waals surface area (Å²) in [5.74, 6) is -3.77. The second kappa shape index (κ2) is 7.74. The van der Waals surface area contributed by atoms with Crippen molar-refractivity contribution in [2.45, 2.75) is 32.7 Å². The van der Waals surface area contributed by atoms with Crippen molar-refractivity contribution in [1.29, 1.82) is 0 Å². The van der Waals surface area contributed by atoms with Gasteiger partial charge in [0.05, 0.1) is 6.42 Å². The van der Waals surface area contributed by atoms with Gasteiger partial charge in [-0.3, -0.25) is 9.59 Å². The summed E-state index contributed by atoms with van der Waals surface area (Å²) in [6.45, 7) is 3.71. The van der Waals surface area contributed by atoms with Crippen LogP contribution < -0.4 is 5.32 Å². The number of carboxylic acid groups (broad SMARTS) is 3. The molecule has 1 unspecified atom stereocenters. The molecule has 1 rings (SSSR count). The summed E-state index contributed by atoms with van der Waals surface area (Å²) in [5.41, 5.74) is 1.11. The summed E-state index contributed by atoms with van der Waals surface area (Å²) >= 11 is 0. The molecule has 1 aliphatic rings. The molecule has 0 aromatic carbocycles. The molecular weight excluding hydrogens is 290 g/mol. The minimum absolute atomic E-state index is 0.185. The molecule has 122 valence electrons. The topological polar surface area (TPSA) is 124 Å². The number of hydrogen-bond acceptors (Lipinski definition) is 4. The van der Waals surface area contributed by atoms with Crippen molar-refractivity contribution in [3.63, 3.8) is 0 Å². The van der Waals surface area contributed by atoms with Crippen LogP contribution in [-0.4, -0.2) is 45.8 Å². The minimum Gasteiger partial charge on any atom is -0.481 e. The molecule has 0 spiro atoms. The van der Waals surface area contributed by atoms with Gasteiger partial charge in [0.15, 0.2) is 0 Å². The third kappa shape index (κ3) is 4.70. The second-order valence-electron chi connectivity index (χ2n) is 5.47. The molecule has 0 aliphatic carbocycles. The van der Waals surface area contributed by atoms with Gasteiger partial charge in [-0.15, -0.1) is 0 Å². The molecule has 3 atom stereocenters. The Bertz CT molecular complexity index is 522. The van der Waals surface area contributed by atoms with Crippen LogP contribution in [0.15, 0.2) is 23.3 Å². The largest absolute Gasteiger partial charge is 0.481 e. The second-order valence-corrected chi connectivity index (χ2v) is 5.47. The lowest BCUT2D eigenvalue weighted by atomic mass is 9.83. The molecule has 0 radical (unpaired) electrons. The fourth-order valence-corrected chi connectivity index (χ4v) is 2.68. The van der Waals surface area contributed by atoms with Gasteiger partial charge in [0, 0.05) is 18.0 Å². The lowest BCUT2D eigenvalue weighted by Gasteiger charge is -2.20. The Morgan fingerprint density at radius 3 is 2.27 bits per heavy atom. The Morgan fingerprint density at radius 2 is 1.77 bits per heavy atom. The van der Waals surface area contributed by atoms with Crippen molar-refractivity contribution < 1.29 is 29.7 Å². The van der Waals surface area contributed by atoms with E-state index in [1.807, 2.05) is 13.0 Å². The van der Waals surface area contributed by atoms with Gasteiger partial charge in [-0.2, -0.15) is 0 Å². The van der Waals surface area contributed by atoms with Gasteiger partial charge in [-0.1, -0.05) is 17.7 Å². The Labute approximate surface area is 128 Å². The molecule has 1 fully saturated rings. The number of aliphatic carboxylic acids is 3. The number of nitrogens with one attached hydrogen (secondary N) is 1. The predicted molar refractivity (Wildman–Crippen MR) is 78.4 cm³/mol. The predicted octanol–water partition coefficient (Wildman–Crippen LogP) is 1.12. The van der Waals surface area contributed by atoms with E-state index in [9.17, 15) is 14.4 Å². The summed E-state index contributed by atoms with van der Waals surface area (Å²) in [6, 6.07) is -0.874. The molecule has 1 aliphatic heterocycles. The van der Waals surface area contributed by atoms with Crippen LogP contribution in [0.1, 0.15) is 26.7 Å². The van der Waals surface area contributed by atoms with Crippen molar-refractivity contribution in [2.75, 3.05) is 6.54 Å². The number of carbonyl (C=O) groups is 3. The van der Waals surface area contributed by atoms with E-state index in [1.54, 1.807) is 6.08 Å². The van der Waals surface area contributed by atoms with Gasteiger partial charge in [0.1, 0.15) is 6.04 Å². The maximum Gasteiger partial charge on any atom is 0.330 e. The zero-order valence-electron chi connectivity index (χ0n) is 12.6. The molecule has 0 saturated carbocycles. The Morgan fingerprint density at radius 1 is 1.14 bits per heavy atom. The van der Waals surface area contributed by atoms with Crippen LogP contribution in [-0.2, 0) is 14.4 Å². The maximum atomic E-state index is 11.2. The average molecular weight is 311 g/mol. The number of carboxylic acids is 3. The quantitative estimate of drug-likeness (QED) is 0.410. The van der Waals surface area contributed by atoms with Gasteiger partial charge >= 0.3 is 17.9 Å². The smallest absolute Gasteiger partial charge is 0.330 e. The highest BCUT2D eigenvalue weighted by Gasteiger charge is 2.41. The molecule has 0 aromatic heterocycles. The number of rotatable bonds is 7. The Hall–Kier alpha value is -2.15. The van der Waals surface area contributed by atoms with Gasteiger partial charge < -0.3 is 20.6 Å². The Balaban J connectivity index is 2.83. The van der Waals surface area contributed by atoms with Crippen LogP contribution >= 0.6 is 0 Å². The monoisotopic (exact) mass is 311 g/mol. The molecule has 0 bridgehead atoms. The standard InChI is InChI=1S/C15H21NO6/c1-8(4-3-5-9(2)14(19)20)11-7-16-13(15(21)22)10(11)6-12(17)18/h4-5,10-11,13,16H,3,6-7H2,1-2H3,(H,17,18)(H,19,20)(H,21,22)/b8-4-,9-5+/t10-,11?,13-/m0/s1. The SMILES string of the molecule is C/C(=C/C/C=C(\C)C(=O)O)C1CN[C@H](C(=O)O)[C@H]1CC(=O)O. The summed E-state index contributed by atoms with van der Waals surface area (Å²) in [5, 5.41) is 29.7. The first-order valence-corrected chi connectivity index (χ1v) is 6.98. The van der Waals surface area contributed by atoms with E-state index in [0.717, 1.165) is 5.57 Å². The summed E-state index contributed by atoms with van der Waals surface area (Å²) in [7, 11) is 0. The zero-order chi connectivity index (χ0) is 16.9. The van der Waals surface area contributed by atoms with E-state index in [0.29, 0.717) is 13.0 Å². The van der Waals surface area contributed by atoms with Crippen LogP contribution in [0.5, 0.6) is 0 Å². The van der Waals surface area contributed by atoms with Crippen molar-refractivity contribution in [3.8, 4) is 0 Å². The summed E-state index contributed by atoms with van der Waals surface area (Å²) in [6.07, 6.45) is 3.58. The van der Waals surface area contributed by atoms with Crippen molar-refractivity contribution in [2.24, 2.45) is 11.8 Å². The normalized spacial score (nSPS) is 26.0. The van der Waals surface area contributed by atoms with E-state index in [2.05, 4.69) is 5.32 Å². The van der Waals surface area contributed by atoms with E-state index < -0.39 is 29.9 Å². The van der Waals surface area contributed by atoms with Crippen LogP contribution in [0.25, 0.3) is 0 Å². The highest BCUT2D eigenvalue weighted by Crippen LogP contribution is 2.31. The van der Waals surface area contributed by atoms with Gasteiger partial charge in [-0.05, 0) is 26.2 Å². The molecule has 4 N–H and O–H groups in total. The van der Waals surface area contributed by atoms with Crippen LogP contribution in [0, 0.1) is 11.8 Å². The van der Waals surface area contributed by atoms with Gasteiger partial charge in [0.2, 0.25) is 0 Å². The van der Waals surface area contributed by atoms with Crippen LogP contribution in [0.2, 0.25) is 0 Å². The molecule has 0 amide bonds. The molecule has 1 saturated heterocycles. The highest BCUT2D eigenvalue weighted by molar-refractivity contribution is 5.85. The maximum absolute atomic E-state index is 11.2. The van der Waals surface area contributed by atoms with E-state index in [1.165, 1.54) is 6.92 Å². The fraction of sp³-hybridized carbons (Fsp3) is 0.533. The van der Waals surface area contributed by atoms with Crippen molar-refractivity contribution >= 4 is 17.9 Å². The summed E-state index contributed by atoms with van der Waals surface area (Å²) < 4.78 is 0. The average Bonchev–Trinajstić information content (AvgIpc) is 2.81. The Kier molecular flexibility index (Phi) is 6.30. The number of allylic oxidation sites excluding steroid dienone is 2. The van der Waals surface area contributed by atoms with Crippen LogP contribution in [0.4, 0.5) is 0 Å². The van der Waals surface area contributed by atoms with E-state index >= 15 is 0 Å². The first-order chi connectivity index (χ1) is 10.2. The first kappa shape index (κ1) is 17.9. The minimum atomic E-state index is -1.05. The van der Waals surface area contributed by atoms with Gasteiger partial charge in [-0.25, -0.2) is 4.79 Å². The summed E-state index contributed by atoms with van der Waals surface area (Å²) in [4.78, 5) is 32.8. The number of hydrogen-bond donors (Lipinski definition) is 4. The zero-order valence-corrected chi connectivity index (χ0v) is 12.6. The molecule has 0 aromatic rings. The highest BCUT2D eigenvalue weighted by atomic mass is 16.4. The first-order valence-electron chi connectivity index (χ1n) is 6.98. The fourth-order valence-electron chi connectivity index (χ4n) is 2.68. The molecule has 7 heteroatoms. The molecule has 7 nitrogen and oxygen atoms in total. The van der Waals surface area contributed by atoms with E-state index in [-0.39, 0.29) is 17.9 Å². The third-order valence-electron chi connectivity index (χ3n) is 3.97. The van der Waals surface area contributed by atoms with Gasteiger partial charge in [0.25, 0.3) is 0 Å². The third-order valence-corrected chi connectivity index (χ3v) is 3.97. The molecule has 1 heterocycles.